The first-order valence-electron chi connectivity index (χ1n) is 6.59. The van der Waals surface area contributed by atoms with Gasteiger partial charge in [0.2, 0.25) is 0 Å². The van der Waals surface area contributed by atoms with Crippen LogP contribution < -0.4 is 11.1 Å². The Morgan fingerprint density at radius 2 is 2.25 bits per heavy atom. The van der Waals surface area contributed by atoms with Crippen molar-refractivity contribution in [3.05, 3.63) is 34.3 Å². The van der Waals surface area contributed by atoms with Crippen LogP contribution in [0.25, 0.3) is 0 Å². The van der Waals surface area contributed by atoms with Crippen LogP contribution >= 0.6 is 11.6 Å². The molecule has 0 radical (unpaired) electrons. The van der Waals surface area contributed by atoms with Crippen LogP contribution in [0.15, 0.2) is 23.4 Å². The Labute approximate surface area is 124 Å². The van der Waals surface area contributed by atoms with Gasteiger partial charge in [0.1, 0.15) is 0 Å². The van der Waals surface area contributed by atoms with Crippen molar-refractivity contribution in [1.29, 1.82) is 0 Å². The lowest BCUT2D eigenvalue weighted by molar-refractivity contribution is 0.111. The molecule has 0 aliphatic heterocycles. The Kier molecular flexibility index (Phi) is 7.36. The number of oxime groups is 1. The monoisotopic (exact) mass is 299 g/mol. The van der Waals surface area contributed by atoms with E-state index in [2.05, 4.69) is 24.3 Å². The molecule has 0 atom stereocenters. The molecule has 0 bridgehead atoms. The fraction of sp³-hybridized carbons (Fsp3) is 0.500. The number of halogens is 1. The molecule has 0 aliphatic rings. The van der Waals surface area contributed by atoms with Gasteiger partial charge in [-0.25, -0.2) is 0 Å². The van der Waals surface area contributed by atoms with Gasteiger partial charge >= 0.3 is 0 Å². The van der Waals surface area contributed by atoms with Crippen molar-refractivity contribution in [1.82, 2.24) is 5.32 Å². The molecule has 0 aromatic heterocycles. The number of nitrogens with two attached hydrogens (primary N) is 1. The Morgan fingerprint density at radius 1 is 1.50 bits per heavy atom. The maximum absolute atomic E-state index is 8.60. The van der Waals surface area contributed by atoms with Gasteiger partial charge in [0, 0.05) is 30.3 Å². The van der Waals surface area contributed by atoms with E-state index < -0.39 is 0 Å². The molecule has 0 amide bonds. The third-order valence-corrected chi connectivity index (χ3v) is 3.00. The van der Waals surface area contributed by atoms with Crippen LogP contribution in [0.5, 0.6) is 0 Å². The third kappa shape index (κ3) is 5.77. The fourth-order valence-electron chi connectivity index (χ4n) is 1.59. The summed E-state index contributed by atoms with van der Waals surface area (Å²) in [5.41, 5.74) is 7.06. The number of benzene rings is 1. The Morgan fingerprint density at radius 3 is 2.85 bits per heavy atom. The summed E-state index contributed by atoms with van der Waals surface area (Å²) in [5.74, 6) is 0.601. The SMILES string of the molecule is CC(C)COCCNCc1ccc(/C(N)=N/O)cc1Cl. The molecule has 4 N–H and O–H groups in total. The minimum Gasteiger partial charge on any atom is -0.409 e. The van der Waals surface area contributed by atoms with Crippen molar-refractivity contribution in [2.75, 3.05) is 19.8 Å². The van der Waals surface area contributed by atoms with E-state index in [1.807, 2.05) is 6.07 Å². The van der Waals surface area contributed by atoms with Crippen molar-refractivity contribution >= 4 is 17.4 Å². The molecule has 1 rings (SSSR count). The summed E-state index contributed by atoms with van der Waals surface area (Å²) in [6, 6.07) is 5.31. The van der Waals surface area contributed by atoms with Crippen LogP contribution in [0.1, 0.15) is 25.0 Å². The van der Waals surface area contributed by atoms with Crippen LogP contribution in [-0.4, -0.2) is 30.8 Å². The quantitative estimate of drug-likeness (QED) is 0.226. The van der Waals surface area contributed by atoms with Crippen LogP contribution in [0, 0.1) is 5.92 Å². The summed E-state index contributed by atoms with van der Waals surface area (Å²) in [6.45, 7) is 7.12. The Hall–Kier alpha value is -1.30. The number of ether oxygens (including phenoxy) is 1. The third-order valence-electron chi connectivity index (χ3n) is 2.65. The lowest BCUT2D eigenvalue weighted by Gasteiger charge is -2.09. The molecule has 20 heavy (non-hydrogen) atoms. The van der Waals surface area contributed by atoms with Gasteiger partial charge < -0.3 is 21.0 Å². The highest BCUT2D eigenvalue weighted by molar-refractivity contribution is 6.31. The topological polar surface area (TPSA) is 79.9 Å². The van der Waals surface area contributed by atoms with Gasteiger partial charge in [-0.2, -0.15) is 0 Å². The van der Waals surface area contributed by atoms with Crippen LogP contribution in [0.3, 0.4) is 0 Å². The van der Waals surface area contributed by atoms with E-state index in [9.17, 15) is 0 Å². The highest BCUT2D eigenvalue weighted by Crippen LogP contribution is 2.17. The zero-order chi connectivity index (χ0) is 15.0. The van der Waals surface area contributed by atoms with Crippen molar-refractivity contribution < 1.29 is 9.94 Å². The van der Waals surface area contributed by atoms with E-state index in [1.165, 1.54) is 0 Å². The predicted molar refractivity (Wildman–Crippen MR) is 81.3 cm³/mol. The van der Waals surface area contributed by atoms with E-state index in [0.29, 0.717) is 29.7 Å². The first-order valence-corrected chi connectivity index (χ1v) is 6.97. The highest BCUT2D eigenvalue weighted by atomic mass is 35.5. The zero-order valence-corrected chi connectivity index (χ0v) is 12.7. The second-order valence-electron chi connectivity index (χ2n) is 4.94. The van der Waals surface area contributed by atoms with Gasteiger partial charge in [-0.05, 0) is 17.5 Å². The predicted octanol–water partition coefficient (Wildman–Crippen LogP) is 2.20. The summed E-state index contributed by atoms with van der Waals surface area (Å²) in [4.78, 5) is 0. The molecule has 6 heteroatoms. The summed E-state index contributed by atoms with van der Waals surface area (Å²) in [5, 5.41) is 15.4. The first kappa shape index (κ1) is 16.8. The number of rotatable bonds is 8. The molecular formula is C14H22ClN3O2. The highest BCUT2D eigenvalue weighted by Gasteiger charge is 2.04. The number of nitrogens with zero attached hydrogens (tertiary/aromatic N) is 1. The van der Waals surface area contributed by atoms with E-state index in [4.69, 9.17) is 27.3 Å². The molecule has 1 aromatic rings. The molecule has 0 fully saturated rings. The molecule has 1 aromatic carbocycles. The minimum absolute atomic E-state index is 0.0495. The van der Waals surface area contributed by atoms with Crippen LogP contribution in [-0.2, 0) is 11.3 Å². The Bertz CT molecular complexity index is 450. The number of hydrogen-bond acceptors (Lipinski definition) is 4. The van der Waals surface area contributed by atoms with Gasteiger partial charge in [0.05, 0.1) is 6.61 Å². The average Bonchev–Trinajstić information content (AvgIpc) is 2.42. The lowest BCUT2D eigenvalue weighted by Crippen LogP contribution is -2.20. The number of hydrogen-bond donors (Lipinski definition) is 3. The van der Waals surface area contributed by atoms with Crippen molar-refractivity contribution in [2.24, 2.45) is 16.8 Å². The van der Waals surface area contributed by atoms with Crippen molar-refractivity contribution in [3.63, 3.8) is 0 Å². The van der Waals surface area contributed by atoms with E-state index in [1.54, 1.807) is 12.1 Å². The number of amidine groups is 1. The zero-order valence-electron chi connectivity index (χ0n) is 11.9. The van der Waals surface area contributed by atoms with Gasteiger partial charge in [-0.1, -0.05) is 42.7 Å². The van der Waals surface area contributed by atoms with Gasteiger partial charge in [-0.3, -0.25) is 0 Å². The fourth-order valence-corrected chi connectivity index (χ4v) is 1.84. The lowest BCUT2D eigenvalue weighted by atomic mass is 10.1. The normalized spacial score (nSPS) is 12.1. The van der Waals surface area contributed by atoms with Crippen molar-refractivity contribution in [3.8, 4) is 0 Å². The second-order valence-corrected chi connectivity index (χ2v) is 5.34. The average molecular weight is 300 g/mol. The molecule has 0 aliphatic carbocycles. The van der Waals surface area contributed by atoms with Crippen molar-refractivity contribution in [2.45, 2.75) is 20.4 Å². The minimum atomic E-state index is 0.0495. The summed E-state index contributed by atoms with van der Waals surface area (Å²) in [7, 11) is 0. The first-order chi connectivity index (χ1) is 9.54. The summed E-state index contributed by atoms with van der Waals surface area (Å²) in [6.07, 6.45) is 0. The molecule has 0 saturated heterocycles. The van der Waals surface area contributed by atoms with E-state index >= 15 is 0 Å². The standard InChI is InChI=1S/C14H22ClN3O2/c1-10(2)9-20-6-5-17-8-12-4-3-11(7-13(12)15)14(16)18-19/h3-4,7,10,17,19H,5-6,8-9H2,1-2H3,(H2,16,18). The van der Waals surface area contributed by atoms with E-state index in [0.717, 1.165) is 18.7 Å². The number of nitrogens with one attached hydrogen (secondary N) is 1. The molecular weight excluding hydrogens is 278 g/mol. The van der Waals surface area contributed by atoms with Crippen LogP contribution in [0.2, 0.25) is 5.02 Å². The molecule has 112 valence electrons. The summed E-state index contributed by atoms with van der Waals surface area (Å²) < 4.78 is 5.47. The van der Waals surface area contributed by atoms with Crippen LogP contribution in [0.4, 0.5) is 0 Å². The van der Waals surface area contributed by atoms with Gasteiger partial charge in [0.25, 0.3) is 0 Å². The summed E-state index contributed by atoms with van der Waals surface area (Å²) >= 11 is 6.15. The Balaban J connectivity index is 2.38. The molecule has 0 saturated carbocycles. The molecule has 0 unspecified atom stereocenters. The van der Waals surface area contributed by atoms with Gasteiger partial charge in [0.15, 0.2) is 5.84 Å². The molecule has 5 nitrogen and oxygen atoms in total. The maximum Gasteiger partial charge on any atom is 0.170 e. The van der Waals surface area contributed by atoms with Gasteiger partial charge in [-0.15, -0.1) is 0 Å². The smallest absolute Gasteiger partial charge is 0.170 e. The second kappa shape index (κ2) is 8.79. The maximum atomic E-state index is 8.60. The molecule has 0 heterocycles. The van der Waals surface area contributed by atoms with E-state index in [-0.39, 0.29) is 5.84 Å². The molecule has 0 spiro atoms. The largest absolute Gasteiger partial charge is 0.409 e.